The Kier molecular flexibility index (Phi) is 7.15. The van der Waals surface area contributed by atoms with Crippen LogP contribution >= 0.6 is 12.4 Å². The highest BCUT2D eigenvalue weighted by Crippen LogP contribution is 2.12. The summed E-state index contributed by atoms with van der Waals surface area (Å²) in [4.78, 5) is 26.8. The van der Waals surface area contributed by atoms with Gasteiger partial charge >= 0.3 is 6.09 Å². The predicted octanol–water partition coefficient (Wildman–Crippen LogP) is 0.836. The first-order valence-electron chi connectivity index (χ1n) is 6.29. The van der Waals surface area contributed by atoms with E-state index in [1.165, 1.54) is 0 Å². The molecule has 1 fully saturated rings. The topological polar surface area (TPSA) is 75.9 Å². The van der Waals surface area contributed by atoms with Crippen molar-refractivity contribution in [3.05, 3.63) is 0 Å². The zero-order chi connectivity index (χ0) is 13.8. The van der Waals surface area contributed by atoms with Crippen molar-refractivity contribution in [2.24, 2.45) is 5.73 Å². The Morgan fingerprint density at radius 3 is 2.00 bits per heavy atom. The first-order valence-corrected chi connectivity index (χ1v) is 6.29. The highest BCUT2D eigenvalue weighted by molar-refractivity contribution is 5.85. The molecule has 2 amide bonds. The smallest absolute Gasteiger partial charge is 0.410 e. The number of rotatable bonds is 2. The van der Waals surface area contributed by atoms with Crippen molar-refractivity contribution in [2.45, 2.75) is 32.8 Å². The first kappa shape index (κ1) is 18.0. The van der Waals surface area contributed by atoms with Crippen LogP contribution in [0.1, 0.15) is 27.2 Å². The largest absolute Gasteiger partial charge is 0.444 e. The zero-order valence-electron chi connectivity index (χ0n) is 11.8. The molecule has 0 aromatic rings. The lowest BCUT2D eigenvalue weighted by molar-refractivity contribution is -0.132. The molecule has 0 atom stereocenters. The summed E-state index contributed by atoms with van der Waals surface area (Å²) >= 11 is 0. The molecule has 1 heterocycles. The number of amides is 2. The maximum absolute atomic E-state index is 11.8. The van der Waals surface area contributed by atoms with Crippen LogP contribution in [0.15, 0.2) is 0 Å². The van der Waals surface area contributed by atoms with Gasteiger partial charge in [0.15, 0.2) is 0 Å². The molecule has 2 N–H and O–H groups in total. The molecule has 0 aliphatic carbocycles. The van der Waals surface area contributed by atoms with Gasteiger partial charge in [0.25, 0.3) is 0 Å². The van der Waals surface area contributed by atoms with Crippen molar-refractivity contribution in [1.82, 2.24) is 9.80 Å². The number of nitrogens with zero attached hydrogens (tertiary/aromatic N) is 2. The SMILES string of the molecule is CC(C)(C)OC(=O)N1CCN(C(=O)CCN)CC1.Cl. The maximum Gasteiger partial charge on any atom is 0.410 e. The number of carbonyl (C=O) groups excluding carboxylic acids is 2. The molecule has 6 nitrogen and oxygen atoms in total. The fourth-order valence-electron chi connectivity index (χ4n) is 1.75. The summed E-state index contributed by atoms with van der Waals surface area (Å²) in [5, 5.41) is 0. The van der Waals surface area contributed by atoms with Crippen LogP contribution in [0.2, 0.25) is 0 Å². The monoisotopic (exact) mass is 293 g/mol. The van der Waals surface area contributed by atoms with E-state index in [1.807, 2.05) is 20.8 Å². The molecule has 112 valence electrons. The number of hydrogen-bond acceptors (Lipinski definition) is 4. The molecular formula is C12H24ClN3O3. The first-order chi connectivity index (χ1) is 8.33. The molecule has 0 spiro atoms. The Labute approximate surface area is 120 Å². The van der Waals surface area contributed by atoms with E-state index in [2.05, 4.69) is 0 Å². The minimum atomic E-state index is -0.483. The average Bonchev–Trinajstić information content (AvgIpc) is 2.27. The quantitative estimate of drug-likeness (QED) is 0.818. The fraction of sp³-hybridized carbons (Fsp3) is 0.833. The van der Waals surface area contributed by atoms with E-state index in [0.29, 0.717) is 39.1 Å². The second-order valence-electron chi connectivity index (χ2n) is 5.39. The standard InChI is InChI=1S/C12H23N3O3.ClH/c1-12(2,3)18-11(17)15-8-6-14(7-9-15)10(16)4-5-13;/h4-9,13H2,1-3H3;1H. The Bertz CT molecular complexity index is 310. The fourth-order valence-corrected chi connectivity index (χ4v) is 1.75. The molecule has 0 saturated carbocycles. The molecule has 0 aromatic heterocycles. The summed E-state index contributed by atoms with van der Waals surface area (Å²) in [6.07, 6.45) is 0.0559. The van der Waals surface area contributed by atoms with Gasteiger partial charge in [-0.15, -0.1) is 12.4 Å². The van der Waals surface area contributed by atoms with E-state index < -0.39 is 5.60 Å². The number of carbonyl (C=O) groups is 2. The lowest BCUT2D eigenvalue weighted by Gasteiger charge is -2.35. The predicted molar refractivity (Wildman–Crippen MR) is 75.3 cm³/mol. The van der Waals surface area contributed by atoms with Crippen molar-refractivity contribution in [2.75, 3.05) is 32.7 Å². The summed E-state index contributed by atoms with van der Waals surface area (Å²) in [6.45, 7) is 8.03. The minimum Gasteiger partial charge on any atom is -0.444 e. The van der Waals surface area contributed by atoms with Crippen molar-refractivity contribution < 1.29 is 14.3 Å². The van der Waals surface area contributed by atoms with Crippen LogP contribution in [0.3, 0.4) is 0 Å². The molecule has 19 heavy (non-hydrogen) atoms. The number of nitrogens with two attached hydrogens (primary N) is 1. The highest BCUT2D eigenvalue weighted by Gasteiger charge is 2.27. The van der Waals surface area contributed by atoms with E-state index in [4.69, 9.17) is 10.5 Å². The molecule has 0 aromatic carbocycles. The molecule has 0 radical (unpaired) electrons. The Morgan fingerprint density at radius 2 is 1.58 bits per heavy atom. The lowest BCUT2D eigenvalue weighted by Crippen LogP contribution is -2.51. The molecule has 0 bridgehead atoms. The van der Waals surface area contributed by atoms with Gasteiger partial charge < -0.3 is 20.3 Å². The zero-order valence-corrected chi connectivity index (χ0v) is 12.7. The van der Waals surface area contributed by atoms with E-state index in [-0.39, 0.29) is 24.4 Å². The average molecular weight is 294 g/mol. The van der Waals surface area contributed by atoms with Gasteiger partial charge in [0.1, 0.15) is 5.60 Å². The third-order valence-corrected chi connectivity index (χ3v) is 2.64. The minimum absolute atomic E-state index is 0. The van der Waals surface area contributed by atoms with Crippen LogP contribution in [-0.4, -0.2) is 60.1 Å². The Balaban J connectivity index is 0.00000324. The van der Waals surface area contributed by atoms with Gasteiger partial charge in [-0.3, -0.25) is 4.79 Å². The van der Waals surface area contributed by atoms with Crippen molar-refractivity contribution in [1.29, 1.82) is 0 Å². The Hall–Kier alpha value is -1.01. The summed E-state index contributed by atoms with van der Waals surface area (Å²) in [5.41, 5.74) is 4.87. The highest BCUT2D eigenvalue weighted by atomic mass is 35.5. The molecule has 1 aliphatic heterocycles. The third kappa shape index (κ3) is 6.11. The number of halogens is 1. The van der Waals surface area contributed by atoms with Crippen LogP contribution in [0, 0.1) is 0 Å². The van der Waals surface area contributed by atoms with Gasteiger partial charge in [0.05, 0.1) is 0 Å². The molecule has 1 aliphatic rings. The van der Waals surface area contributed by atoms with Crippen LogP contribution < -0.4 is 5.73 Å². The second-order valence-corrected chi connectivity index (χ2v) is 5.39. The van der Waals surface area contributed by atoms with E-state index >= 15 is 0 Å². The van der Waals surface area contributed by atoms with Gasteiger partial charge in [-0.25, -0.2) is 4.79 Å². The molecule has 0 unspecified atom stereocenters. The normalized spacial score (nSPS) is 15.8. The number of ether oxygens (including phenoxy) is 1. The van der Waals surface area contributed by atoms with E-state index in [1.54, 1.807) is 9.80 Å². The number of hydrogen-bond donors (Lipinski definition) is 1. The summed E-state index contributed by atoms with van der Waals surface area (Å²) < 4.78 is 5.28. The van der Waals surface area contributed by atoms with Gasteiger partial charge in [0, 0.05) is 39.1 Å². The van der Waals surface area contributed by atoms with Crippen LogP contribution in [0.5, 0.6) is 0 Å². The van der Waals surface area contributed by atoms with Crippen LogP contribution in [0.4, 0.5) is 4.79 Å². The van der Waals surface area contributed by atoms with E-state index in [9.17, 15) is 9.59 Å². The molecule has 7 heteroatoms. The number of piperazine rings is 1. The van der Waals surface area contributed by atoms with Crippen molar-refractivity contribution in [3.63, 3.8) is 0 Å². The third-order valence-electron chi connectivity index (χ3n) is 2.64. The summed E-state index contributed by atoms with van der Waals surface area (Å²) in [6, 6.07) is 0. The Morgan fingerprint density at radius 1 is 1.11 bits per heavy atom. The lowest BCUT2D eigenvalue weighted by atomic mass is 10.2. The van der Waals surface area contributed by atoms with Crippen molar-refractivity contribution in [3.8, 4) is 0 Å². The van der Waals surface area contributed by atoms with Gasteiger partial charge in [-0.05, 0) is 20.8 Å². The molecule has 1 saturated heterocycles. The second kappa shape index (κ2) is 7.55. The van der Waals surface area contributed by atoms with Crippen LogP contribution in [0.25, 0.3) is 0 Å². The van der Waals surface area contributed by atoms with Gasteiger partial charge in [-0.2, -0.15) is 0 Å². The maximum atomic E-state index is 11.8. The summed E-state index contributed by atoms with van der Waals surface area (Å²) in [5.74, 6) is 0.0568. The van der Waals surface area contributed by atoms with Gasteiger partial charge in [0.2, 0.25) is 5.91 Å². The molecule has 1 rings (SSSR count). The van der Waals surface area contributed by atoms with Gasteiger partial charge in [-0.1, -0.05) is 0 Å². The van der Waals surface area contributed by atoms with Crippen molar-refractivity contribution >= 4 is 24.4 Å². The molecular weight excluding hydrogens is 270 g/mol. The van der Waals surface area contributed by atoms with E-state index in [0.717, 1.165) is 0 Å². The summed E-state index contributed by atoms with van der Waals surface area (Å²) in [7, 11) is 0. The van der Waals surface area contributed by atoms with Crippen LogP contribution in [-0.2, 0) is 9.53 Å².